The Labute approximate surface area is 370 Å². The zero-order valence-corrected chi connectivity index (χ0v) is 34.9. The fraction of sp³-hybridized carbons (Fsp3) is 0.105. The molecule has 63 heavy (non-hydrogen) atoms. The molecule has 0 unspecified atom stereocenters. The van der Waals surface area contributed by atoms with Crippen LogP contribution in [0, 0.1) is 11.6 Å². The molecule has 0 aliphatic carbocycles. The molecule has 0 amide bonds. The van der Waals surface area contributed by atoms with Gasteiger partial charge in [0.15, 0.2) is 23.1 Å². The van der Waals surface area contributed by atoms with Crippen LogP contribution in [0.4, 0.5) is 35.1 Å². The number of rotatable bonds is 5. The maximum atomic E-state index is 14.5. The van der Waals surface area contributed by atoms with E-state index in [1.165, 1.54) is 36.4 Å². The van der Waals surface area contributed by atoms with Crippen molar-refractivity contribution in [1.82, 2.24) is 18.3 Å². The summed E-state index contributed by atoms with van der Waals surface area (Å²) in [5, 5.41) is 9.51. The molecule has 6 aromatic rings. The zero-order chi connectivity index (χ0) is 47.5. The molecule has 0 radical (unpaired) electrons. The first-order valence-electron chi connectivity index (χ1n) is 16.6. The van der Waals surface area contributed by atoms with Crippen molar-refractivity contribution in [2.75, 3.05) is 0 Å². The minimum Gasteiger partial charge on any atom is -0.505 e. The highest BCUT2D eigenvalue weighted by molar-refractivity contribution is 6.67. The maximum Gasteiger partial charge on any atom is 0.431 e. The first-order chi connectivity index (χ1) is 29.1. The number of ether oxygens (including phenoxy) is 1. The monoisotopic (exact) mass is 988 g/mol. The normalized spacial score (nSPS) is 11.2. The van der Waals surface area contributed by atoms with Crippen molar-refractivity contribution in [1.29, 1.82) is 0 Å². The van der Waals surface area contributed by atoms with Gasteiger partial charge in [0.1, 0.15) is 11.4 Å². The summed E-state index contributed by atoms with van der Waals surface area (Å²) in [7, 11) is 1.67. The maximum absolute atomic E-state index is 14.5. The third kappa shape index (κ3) is 11.8. The summed E-state index contributed by atoms with van der Waals surface area (Å²) in [6.45, 7) is 0. The Bertz CT molecular complexity index is 3020. The van der Waals surface area contributed by atoms with E-state index in [1.807, 2.05) is 0 Å². The molecule has 0 atom stereocenters. The lowest BCUT2D eigenvalue weighted by atomic mass is 10.2. The lowest BCUT2D eigenvalue weighted by Gasteiger charge is -2.14. The van der Waals surface area contributed by atoms with E-state index in [-0.39, 0.29) is 48.3 Å². The van der Waals surface area contributed by atoms with E-state index in [0.29, 0.717) is 36.9 Å². The third-order valence-electron chi connectivity index (χ3n) is 8.09. The number of nitrogens with zero attached hydrogens (tertiary/aromatic N) is 4. The molecule has 4 aromatic carbocycles. The summed E-state index contributed by atoms with van der Waals surface area (Å²) in [6.07, 6.45) is -9.80. The van der Waals surface area contributed by atoms with Gasteiger partial charge in [0, 0.05) is 43.9 Å². The Balaban J connectivity index is 0.000000233. The van der Waals surface area contributed by atoms with Gasteiger partial charge in [-0.15, -0.1) is 0 Å². The van der Waals surface area contributed by atoms with Crippen molar-refractivity contribution in [3.8, 4) is 22.9 Å². The molecule has 6 rings (SSSR count). The fourth-order valence-corrected chi connectivity index (χ4v) is 5.73. The SMILES string of the molecule is Cn1c(C(F)(F)F)cc(=O)n(-c2ccc(O)c(F)c2)c1=O.Cn1c(C(F)(F)F)cc(=O)n(-c2ccc(OC(=O)c3ccc(Cl)c(Cl)c3)c(F)c2)c1=O.O=C(Cl)c1ccc(Cl)c(Cl)c1. The summed E-state index contributed by atoms with van der Waals surface area (Å²) in [4.78, 5) is 70.7. The standard InChI is InChI=1S/C19H10Cl2F4N2O4.C12H8F4N2O3.C7H3Cl3O/c1-26-15(19(23,24)25)8-16(28)27(18(26)30)10-3-5-14(13(22)7-10)31-17(29)9-2-4-11(20)12(21)6-9;1-17-9(12(14,15)16)5-10(20)18(11(17)21)6-2-3-8(19)7(13)4-6;8-5-2-1-4(7(10)11)3-6(5)9/h2-8H,1H3;2-5,19H,1H3;1-3H. The molecule has 2 heterocycles. The molecule has 0 saturated heterocycles. The first-order valence-corrected chi connectivity index (χ1v) is 18.4. The molecule has 332 valence electrons. The van der Waals surface area contributed by atoms with Gasteiger partial charge in [0.05, 0.1) is 37.0 Å². The molecule has 0 aliphatic heterocycles. The average molecular weight is 991 g/mol. The van der Waals surface area contributed by atoms with Gasteiger partial charge in [0.2, 0.25) is 0 Å². The number of phenols is 1. The van der Waals surface area contributed by atoms with Gasteiger partial charge in [-0.1, -0.05) is 46.4 Å². The number of esters is 1. The minimum atomic E-state index is -4.93. The van der Waals surface area contributed by atoms with Gasteiger partial charge in [-0.2, -0.15) is 26.3 Å². The fourth-order valence-electron chi connectivity index (χ4n) is 5.02. The van der Waals surface area contributed by atoms with Gasteiger partial charge in [-0.25, -0.2) is 32.3 Å². The molecule has 0 saturated carbocycles. The molecular weight excluding hydrogens is 970 g/mol. The van der Waals surface area contributed by atoms with Crippen LogP contribution in [0.5, 0.6) is 11.5 Å². The van der Waals surface area contributed by atoms with Crippen LogP contribution in [0.3, 0.4) is 0 Å². The summed E-state index contributed by atoms with van der Waals surface area (Å²) in [6, 6.07) is 14.0. The Morgan fingerprint density at radius 3 is 1.38 bits per heavy atom. The summed E-state index contributed by atoms with van der Waals surface area (Å²) in [5.41, 5.74) is -8.35. The van der Waals surface area contributed by atoms with Crippen molar-refractivity contribution in [2.24, 2.45) is 14.1 Å². The number of phenolic OH excluding ortho intramolecular Hbond substituents is 1. The molecule has 0 aliphatic rings. The van der Waals surface area contributed by atoms with Gasteiger partial charge in [0.25, 0.3) is 16.4 Å². The van der Waals surface area contributed by atoms with E-state index >= 15 is 0 Å². The van der Waals surface area contributed by atoms with Gasteiger partial charge < -0.3 is 9.84 Å². The van der Waals surface area contributed by atoms with E-state index in [2.05, 4.69) is 0 Å². The number of benzene rings is 4. The summed E-state index contributed by atoms with van der Waals surface area (Å²) in [5.74, 6) is -4.47. The predicted octanol–water partition coefficient (Wildman–Crippen LogP) is 8.99. The average Bonchev–Trinajstić information content (AvgIpc) is 3.18. The van der Waals surface area contributed by atoms with E-state index in [9.17, 15) is 63.9 Å². The van der Waals surface area contributed by atoms with Gasteiger partial charge >= 0.3 is 29.7 Å². The van der Waals surface area contributed by atoms with Gasteiger partial charge in [-0.3, -0.25) is 23.5 Å². The van der Waals surface area contributed by atoms with Crippen LogP contribution < -0.4 is 27.2 Å². The van der Waals surface area contributed by atoms with E-state index in [1.54, 1.807) is 0 Å². The molecular formula is C38H21Cl5F8N4O8. The highest BCUT2D eigenvalue weighted by atomic mass is 35.5. The second-order valence-electron chi connectivity index (χ2n) is 12.3. The third-order valence-corrected chi connectivity index (χ3v) is 9.79. The quantitative estimate of drug-likeness (QED) is 0.0778. The second-order valence-corrected chi connectivity index (χ2v) is 14.2. The molecule has 1 N–H and O–H groups in total. The Morgan fingerprint density at radius 1 is 0.571 bits per heavy atom. The number of alkyl halides is 6. The number of hydrogen-bond donors (Lipinski definition) is 1. The highest BCUT2D eigenvalue weighted by Gasteiger charge is 2.36. The number of aromatic hydroxyl groups is 1. The number of carbonyl (C=O) groups excluding carboxylic acids is 2. The van der Waals surface area contributed by atoms with Crippen molar-refractivity contribution in [2.45, 2.75) is 12.4 Å². The number of carbonyl (C=O) groups is 2. The molecule has 12 nitrogen and oxygen atoms in total. The van der Waals surface area contributed by atoms with Crippen LogP contribution >= 0.6 is 58.0 Å². The van der Waals surface area contributed by atoms with Crippen LogP contribution in [-0.2, 0) is 26.4 Å². The topological polar surface area (TPSA) is 152 Å². The largest absolute Gasteiger partial charge is 0.505 e. The minimum absolute atomic E-state index is 0.0225. The zero-order valence-electron chi connectivity index (χ0n) is 31.1. The summed E-state index contributed by atoms with van der Waals surface area (Å²) >= 11 is 28.0. The van der Waals surface area contributed by atoms with Crippen LogP contribution in [0.2, 0.25) is 20.1 Å². The van der Waals surface area contributed by atoms with Crippen LogP contribution in [-0.4, -0.2) is 34.6 Å². The molecule has 0 fully saturated rings. The van der Waals surface area contributed by atoms with Crippen molar-refractivity contribution in [3.63, 3.8) is 0 Å². The number of hydrogen-bond acceptors (Lipinski definition) is 8. The van der Waals surface area contributed by atoms with E-state index in [0.717, 1.165) is 38.4 Å². The molecule has 2 aromatic heterocycles. The lowest BCUT2D eigenvalue weighted by molar-refractivity contribution is -0.144. The Hall–Kier alpha value is -5.93. The highest BCUT2D eigenvalue weighted by Crippen LogP contribution is 2.29. The summed E-state index contributed by atoms with van der Waals surface area (Å²) < 4.78 is 111. The van der Waals surface area contributed by atoms with Crippen LogP contribution in [0.15, 0.2) is 104 Å². The number of halogens is 13. The number of aromatic nitrogens is 4. The van der Waals surface area contributed by atoms with Crippen LogP contribution in [0.25, 0.3) is 11.4 Å². The van der Waals surface area contributed by atoms with Crippen molar-refractivity contribution >= 4 is 69.2 Å². The smallest absolute Gasteiger partial charge is 0.431 e. The Kier molecular flexibility index (Phi) is 15.5. The first kappa shape index (κ1) is 49.7. The van der Waals surface area contributed by atoms with Gasteiger partial charge in [-0.05, 0) is 72.3 Å². The van der Waals surface area contributed by atoms with Crippen molar-refractivity contribution in [3.05, 3.63) is 181 Å². The predicted molar refractivity (Wildman–Crippen MR) is 214 cm³/mol. The lowest BCUT2D eigenvalue weighted by Crippen LogP contribution is -2.40. The van der Waals surface area contributed by atoms with E-state index < -0.39 is 80.6 Å². The molecule has 0 bridgehead atoms. The van der Waals surface area contributed by atoms with Crippen LogP contribution in [0.1, 0.15) is 32.1 Å². The second kappa shape index (κ2) is 19.6. The Morgan fingerprint density at radius 2 is 0.984 bits per heavy atom. The van der Waals surface area contributed by atoms with E-state index in [4.69, 9.17) is 67.8 Å². The molecule has 25 heteroatoms. The van der Waals surface area contributed by atoms with Crippen molar-refractivity contribution < 1.29 is 54.6 Å². The molecule has 0 spiro atoms.